The lowest BCUT2D eigenvalue weighted by atomic mass is 10.2. The van der Waals surface area contributed by atoms with Crippen LogP contribution in [0.5, 0.6) is 0 Å². The van der Waals surface area contributed by atoms with Crippen LogP contribution in [0.25, 0.3) is 0 Å². The van der Waals surface area contributed by atoms with Gasteiger partial charge in [0, 0.05) is 26.4 Å². The molecule has 1 N–H and O–H groups in total. The van der Waals surface area contributed by atoms with Crippen molar-refractivity contribution in [2.45, 2.75) is 4.90 Å². The number of para-hydroxylation sites is 1. The maximum absolute atomic E-state index is 11.6. The molecule has 0 amide bonds. The van der Waals surface area contributed by atoms with E-state index >= 15 is 0 Å². The molecule has 1 aromatic carbocycles. The number of benzene rings is 1. The highest BCUT2D eigenvalue weighted by Crippen LogP contribution is 2.33. The fourth-order valence-electron chi connectivity index (χ4n) is 1.70. The van der Waals surface area contributed by atoms with Gasteiger partial charge in [-0.05, 0) is 19.2 Å². The van der Waals surface area contributed by atoms with Crippen LogP contribution in [-0.4, -0.2) is 46.8 Å². The quantitative estimate of drug-likeness (QED) is 0.610. The monoisotopic (exact) mass is 287 g/mol. The van der Waals surface area contributed by atoms with Gasteiger partial charge in [-0.1, -0.05) is 6.07 Å². The molecule has 0 atom stereocenters. The highest BCUT2D eigenvalue weighted by atomic mass is 32.2. The minimum absolute atomic E-state index is 0.258. The molecule has 0 saturated carbocycles. The van der Waals surface area contributed by atoms with Crippen LogP contribution >= 0.6 is 0 Å². The van der Waals surface area contributed by atoms with Crippen LogP contribution in [0.1, 0.15) is 0 Å². The van der Waals surface area contributed by atoms with Gasteiger partial charge in [0.1, 0.15) is 10.6 Å². The van der Waals surface area contributed by atoms with Gasteiger partial charge >= 0.3 is 5.69 Å². The number of likely N-dealkylation sites (N-methyl/N-ethyl adjacent to an activating group) is 2. The molecule has 0 saturated heterocycles. The summed E-state index contributed by atoms with van der Waals surface area (Å²) in [6, 6.07) is 4.31. The van der Waals surface area contributed by atoms with Crippen molar-refractivity contribution in [2.75, 3.05) is 38.3 Å². The van der Waals surface area contributed by atoms with Crippen molar-refractivity contribution in [3.05, 3.63) is 28.3 Å². The van der Waals surface area contributed by atoms with E-state index in [1.165, 1.54) is 12.1 Å². The molecule has 0 aliphatic carbocycles. The van der Waals surface area contributed by atoms with Crippen molar-refractivity contribution in [1.82, 2.24) is 5.32 Å². The molecule has 0 fully saturated rings. The van der Waals surface area contributed by atoms with E-state index < -0.39 is 14.8 Å². The van der Waals surface area contributed by atoms with E-state index in [0.717, 1.165) is 6.26 Å². The van der Waals surface area contributed by atoms with Crippen molar-refractivity contribution < 1.29 is 13.3 Å². The van der Waals surface area contributed by atoms with Gasteiger partial charge in [-0.3, -0.25) is 10.1 Å². The fourth-order valence-corrected chi connectivity index (χ4v) is 2.56. The first-order chi connectivity index (χ1) is 8.79. The minimum Gasteiger partial charge on any atom is -0.368 e. The number of anilines is 1. The van der Waals surface area contributed by atoms with Gasteiger partial charge in [0.05, 0.1) is 4.92 Å². The molecule has 8 heteroatoms. The summed E-state index contributed by atoms with van der Waals surface area (Å²) in [6.07, 6.45) is 0.965. The van der Waals surface area contributed by atoms with Crippen molar-refractivity contribution in [2.24, 2.45) is 0 Å². The molecule has 0 bridgehead atoms. The third kappa shape index (κ3) is 3.65. The molecular formula is C11H17N3O4S. The Labute approximate surface area is 112 Å². The van der Waals surface area contributed by atoms with Gasteiger partial charge in [-0.2, -0.15) is 0 Å². The Morgan fingerprint density at radius 2 is 2.05 bits per heavy atom. The predicted molar refractivity (Wildman–Crippen MR) is 73.4 cm³/mol. The normalized spacial score (nSPS) is 11.3. The molecule has 0 heterocycles. The third-order valence-corrected chi connectivity index (χ3v) is 3.80. The summed E-state index contributed by atoms with van der Waals surface area (Å²) >= 11 is 0. The smallest absolute Gasteiger partial charge is 0.311 e. The van der Waals surface area contributed by atoms with E-state index in [1.807, 2.05) is 0 Å². The Balaban J connectivity index is 3.37. The fraction of sp³-hybridized carbons (Fsp3) is 0.455. The molecule has 0 aromatic heterocycles. The summed E-state index contributed by atoms with van der Waals surface area (Å²) in [7, 11) is -0.180. The molecule has 1 aromatic rings. The molecule has 0 aliphatic rings. The van der Waals surface area contributed by atoms with Crippen LogP contribution < -0.4 is 10.2 Å². The average Bonchev–Trinajstić information content (AvgIpc) is 2.33. The molecule has 0 spiro atoms. The van der Waals surface area contributed by atoms with Crippen LogP contribution in [-0.2, 0) is 9.84 Å². The summed E-state index contributed by atoms with van der Waals surface area (Å²) in [4.78, 5) is 11.9. The lowest BCUT2D eigenvalue weighted by Gasteiger charge is -2.19. The van der Waals surface area contributed by atoms with Gasteiger partial charge < -0.3 is 10.2 Å². The van der Waals surface area contributed by atoms with Crippen LogP contribution in [0.15, 0.2) is 23.1 Å². The van der Waals surface area contributed by atoms with Gasteiger partial charge in [0.2, 0.25) is 0 Å². The lowest BCUT2D eigenvalue weighted by Crippen LogP contribution is -2.27. The number of nitro groups is 1. The lowest BCUT2D eigenvalue weighted by molar-refractivity contribution is -0.387. The van der Waals surface area contributed by atoms with Gasteiger partial charge in [-0.15, -0.1) is 0 Å². The summed E-state index contributed by atoms with van der Waals surface area (Å²) in [5, 5.41) is 14.1. The third-order valence-electron chi connectivity index (χ3n) is 2.67. The zero-order valence-corrected chi connectivity index (χ0v) is 11.9. The number of nitrogens with one attached hydrogen (secondary N) is 1. The van der Waals surface area contributed by atoms with Crippen molar-refractivity contribution >= 4 is 21.2 Å². The summed E-state index contributed by atoms with van der Waals surface area (Å²) in [5.41, 5.74) is -0.0771. The SMILES string of the molecule is CNCCN(C)c1cccc(S(C)(=O)=O)c1[N+](=O)[O-]. The first-order valence-corrected chi connectivity index (χ1v) is 7.51. The van der Waals surface area contributed by atoms with Gasteiger partial charge in [-0.25, -0.2) is 8.42 Å². The second-order valence-electron chi connectivity index (χ2n) is 4.18. The van der Waals surface area contributed by atoms with E-state index in [2.05, 4.69) is 5.32 Å². The van der Waals surface area contributed by atoms with Gasteiger partial charge in [0.15, 0.2) is 9.84 Å². The molecule has 0 aliphatic heterocycles. The van der Waals surface area contributed by atoms with Crippen LogP contribution in [0.4, 0.5) is 11.4 Å². The van der Waals surface area contributed by atoms with E-state index in [9.17, 15) is 18.5 Å². The Hall–Kier alpha value is -1.67. The summed E-state index contributed by atoms with van der Waals surface area (Å²) in [5.74, 6) is 0. The Kier molecular flexibility index (Phi) is 4.84. The average molecular weight is 287 g/mol. The van der Waals surface area contributed by atoms with Crippen LogP contribution in [0, 0.1) is 10.1 Å². The van der Waals surface area contributed by atoms with E-state index in [4.69, 9.17) is 0 Å². The number of hydrogen-bond acceptors (Lipinski definition) is 6. The molecule has 106 valence electrons. The van der Waals surface area contributed by atoms with Crippen molar-refractivity contribution in [3.63, 3.8) is 0 Å². The second-order valence-corrected chi connectivity index (χ2v) is 6.16. The zero-order chi connectivity index (χ0) is 14.6. The van der Waals surface area contributed by atoms with Crippen molar-refractivity contribution in [1.29, 1.82) is 0 Å². The zero-order valence-electron chi connectivity index (χ0n) is 11.1. The van der Waals surface area contributed by atoms with E-state index in [-0.39, 0.29) is 10.6 Å². The number of nitrogens with zero attached hydrogens (tertiary/aromatic N) is 2. The predicted octanol–water partition coefficient (Wildman–Crippen LogP) is 0.654. The Morgan fingerprint density at radius 1 is 1.42 bits per heavy atom. The molecule has 0 radical (unpaired) electrons. The number of hydrogen-bond donors (Lipinski definition) is 1. The van der Waals surface area contributed by atoms with Crippen molar-refractivity contribution in [3.8, 4) is 0 Å². The first kappa shape index (κ1) is 15.4. The molecule has 0 unspecified atom stereocenters. The summed E-state index contributed by atoms with van der Waals surface area (Å²) in [6.45, 7) is 1.17. The Bertz CT molecular complexity index is 571. The summed E-state index contributed by atoms with van der Waals surface area (Å²) < 4.78 is 23.2. The molecule has 19 heavy (non-hydrogen) atoms. The molecular weight excluding hydrogens is 270 g/mol. The molecule has 1 rings (SSSR count). The number of rotatable bonds is 6. The standard InChI is InChI=1S/C11H17N3O4S/c1-12-7-8-13(2)9-5-4-6-10(19(3,17)18)11(9)14(15)16/h4-6,12H,7-8H2,1-3H3. The maximum Gasteiger partial charge on any atom is 0.311 e. The molecule has 7 nitrogen and oxygen atoms in total. The van der Waals surface area contributed by atoms with Crippen LogP contribution in [0.2, 0.25) is 0 Å². The topological polar surface area (TPSA) is 92.6 Å². The highest BCUT2D eigenvalue weighted by molar-refractivity contribution is 7.90. The minimum atomic E-state index is -3.64. The highest BCUT2D eigenvalue weighted by Gasteiger charge is 2.27. The van der Waals surface area contributed by atoms with E-state index in [1.54, 1.807) is 25.1 Å². The van der Waals surface area contributed by atoms with E-state index in [0.29, 0.717) is 18.8 Å². The first-order valence-electron chi connectivity index (χ1n) is 5.62. The largest absolute Gasteiger partial charge is 0.368 e. The van der Waals surface area contributed by atoms with Crippen LogP contribution in [0.3, 0.4) is 0 Å². The van der Waals surface area contributed by atoms with Gasteiger partial charge in [0.25, 0.3) is 0 Å². The Morgan fingerprint density at radius 3 is 2.53 bits per heavy atom. The number of nitro benzene ring substituents is 1. The number of sulfone groups is 1. The maximum atomic E-state index is 11.6. The second kappa shape index (κ2) is 5.98.